The molecule has 0 aliphatic rings. The molecule has 136 valence electrons. The van der Waals surface area contributed by atoms with Gasteiger partial charge < -0.3 is 9.64 Å². The summed E-state index contributed by atoms with van der Waals surface area (Å²) in [5.74, 6) is -0.195. The van der Waals surface area contributed by atoms with Crippen molar-refractivity contribution in [2.75, 3.05) is 32.0 Å². The third kappa shape index (κ3) is 5.98. The van der Waals surface area contributed by atoms with Gasteiger partial charge in [-0.05, 0) is 56.9 Å². The van der Waals surface area contributed by atoms with Crippen LogP contribution in [0.4, 0.5) is 10.1 Å². The lowest BCUT2D eigenvalue weighted by Gasteiger charge is -2.15. The van der Waals surface area contributed by atoms with Crippen molar-refractivity contribution in [3.05, 3.63) is 52.8 Å². The van der Waals surface area contributed by atoms with Gasteiger partial charge in [0.1, 0.15) is 11.6 Å². The molecular formula is C17H20BrFN2O3S. The van der Waals surface area contributed by atoms with E-state index in [1.165, 1.54) is 18.2 Å². The summed E-state index contributed by atoms with van der Waals surface area (Å²) in [4.78, 5) is 1.89. The molecule has 0 radical (unpaired) electrons. The largest absolute Gasteiger partial charge is 0.491 e. The van der Waals surface area contributed by atoms with Crippen molar-refractivity contribution in [1.29, 1.82) is 0 Å². The average Bonchev–Trinajstić information content (AvgIpc) is 2.52. The topological polar surface area (TPSA) is 58.6 Å². The molecule has 8 heteroatoms. The maximum Gasteiger partial charge on any atom is 0.262 e. The first-order valence-corrected chi connectivity index (χ1v) is 9.91. The predicted molar refractivity (Wildman–Crippen MR) is 100 cm³/mol. The third-order valence-electron chi connectivity index (χ3n) is 3.30. The average molecular weight is 431 g/mol. The fourth-order valence-electron chi connectivity index (χ4n) is 2.11. The van der Waals surface area contributed by atoms with E-state index in [0.717, 1.165) is 19.0 Å². The Kier molecular flexibility index (Phi) is 6.80. The van der Waals surface area contributed by atoms with Crippen molar-refractivity contribution in [2.45, 2.75) is 11.3 Å². The molecule has 2 rings (SSSR count). The monoisotopic (exact) mass is 430 g/mol. The summed E-state index contributed by atoms with van der Waals surface area (Å²) in [6, 6.07) is 9.91. The van der Waals surface area contributed by atoms with Crippen LogP contribution in [-0.4, -0.2) is 40.6 Å². The molecular weight excluding hydrogens is 411 g/mol. The highest BCUT2D eigenvalue weighted by Crippen LogP contribution is 2.30. The smallest absolute Gasteiger partial charge is 0.262 e. The van der Waals surface area contributed by atoms with Crippen LogP contribution in [-0.2, 0) is 10.0 Å². The Labute approximate surface area is 156 Å². The highest BCUT2D eigenvalue weighted by atomic mass is 79.9. The van der Waals surface area contributed by atoms with Gasteiger partial charge in [0.2, 0.25) is 0 Å². The molecule has 0 fully saturated rings. The fourth-order valence-corrected chi connectivity index (χ4v) is 3.56. The van der Waals surface area contributed by atoms with E-state index in [-0.39, 0.29) is 4.90 Å². The quantitative estimate of drug-likeness (QED) is 0.648. The van der Waals surface area contributed by atoms with Gasteiger partial charge in [0, 0.05) is 11.0 Å². The minimum atomic E-state index is -3.92. The van der Waals surface area contributed by atoms with Gasteiger partial charge in [-0.1, -0.05) is 22.0 Å². The van der Waals surface area contributed by atoms with Crippen LogP contribution in [0.25, 0.3) is 0 Å². The van der Waals surface area contributed by atoms with Gasteiger partial charge in [-0.25, -0.2) is 12.8 Å². The minimum absolute atomic E-state index is 0.147. The zero-order valence-electron chi connectivity index (χ0n) is 14.0. The zero-order valence-corrected chi connectivity index (χ0v) is 16.4. The van der Waals surface area contributed by atoms with Gasteiger partial charge >= 0.3 is 0 Å². The first kappa shape index (κ1) is 19.7. The molecule has 1 N–H and O–H groups in total. The minimum Gasteiger partial charge on any atom is -0.491 e. The van der Waals surface area contributed by atoms with Gasteiger partial charge in [-0.2, -0.15) is 0 Å². The summed E-state index contributed by atoms with van der Waals surface area (Å²) < 4.78 is 47.1. The van der Waals surface area contributed by atoms with Crippen LogP contribution in [0.3, 0.4) is 0 Å². The second-order valence-corrected chi connectivity index (χ2v) is 8.31. The molecule has 0 saturated heterocycles. The maximum absolute atomic E-state index is 13.3. The van der Waals surface area contributed by atoms with E-state index < -0.39 is 15.8 Å². The van der Waals surface area contributed by atoms with Crippen LogP contribution in [0, 0.1) is 5.82 Å². The van der Waals surface area contributed by atoms with Crippen molar-refractivity contribution in [3.8, 4) is 5.75 Å². The van der Waals surface area contributed by atoms with Crippen molar-refractivity contribution in [2.24, 2.45) is 0 Å². The molecule has 0 aliphatic carbocycles. The van der Waals surface area contributed by atoms with E-state index in [2.05, 4.69) is 20.7 Å². The van der Waals surface area contributed by atoms with Gasteiger partial charge in [0.25, 0.3) is 10.0 Å². The first-order valence-electron chi connectivity index (χ1n) is 7.63. The lowest BCUT2D eigenvalue weighted by atomic mass is 10.3. The predicted octanol–water partition coefficient (Wildman–Crippen LogP) is 3.72. The molecule has 0 heterocycles. The molecule has 2 aromatic carbocycles. The van der Waals surface area contributed by atoms with E-state index in [1.54, 1.807) is 18.2 Å². The zero-order chi connectivity index (χ0) is 18.4. The molecule has 0 bridgehead atoms. The van der Waals surface area contributed by atoms with Crippen LogP contribution in [0.5, 0.6) is 5.75 Å². The third-order valence-corrected chi connectivity index (χ3v) is 5.16. The van der Waals surface area contributed by atoms with Crippen molar-refractivity contribution in [3.63, 3.8) is 0 Å². The number of hydrogen-bond donors (Lipinski definition) is 1. The Morgan fingerprint density at radius 3 is 2.64 bits per heavy atom. The van der Waals surface area contributed by atoms with E-state index >= 15 is 0 Å². The summed E-state index contributed by atoms with van der Waals surface area (Å²) in [6.45, 7) is 1.31. The standard InChI is InChI=1S/C17H20BrFN2O3S/c1-21(2)9-4-10-24-17-8-7-13(18)11-16(17)20-25(22,23)15-6-3-5-14(19)12-15/h3,5-8,11-12,20H,4,9-10H2,1-2H3. The number of anilines is 1. The fraction of sp³-hybridized carbons (Fsp3) is 0.294. The number of hydrogen-bond acceptors (Lipinski definition) is 4. The van der Waals surface area contributed by atoms with Crippen molar-refractivity contribution < 1.29 is 17.5 Å². The summed E-state index contributed by atoms with van der Waals surface area (Å²) in [6.07, 6.45) is 0.805. The van der Waals surface area contributed by atoms with Gasteiger partial charge in [0.05, 0.1) is 17.2 Å². The van der Waals surface area contributed by atoms with Crippen molar-refractivity contribution in [1.82, 2.24) is 4.90 Å². The molecule has 0 unspecified atom stereocenters. The number of nitrogens with one attached hydrogen (secondary N) is 1. The van der Waals surface area contributed by atoms with E-state index in [1.807, 2.05) is 19.0 Å². The van der Waals surface area contributed by atoms with Gasteiger partial charge in [-0.3, -0.25) is 4.72 Å². The summed E-state index contributed by atoms with van der Waals surface area (Å²) >= 11 is 3.32. The molecule has 0 spiro atoms. The maximum atomic E-state index is 13.3. The molecule has 0 aliphatic heterocycles. The highest BCUT2D eigenvalue weighted by molar-refractivity contribution is 9.10. The summed E-state index contributed by atoms with van der Waals surface area (Å²) in [5, 5.41) is 0. The second-order valence-electron chi connectivity index (χ2n) is 5.71. The molecule has 0 aromatic heterocycles. The van der Waals surface area contributed by atoms with Crippen molar-refractivity contribution >= 4 is 31.6 Å². The van der Waals surface area contributed by atoms with Gasteiger partial charge in [0.15, 0.2) is 0 Å². The number of benzene rings is 2. The van der Waals surface area contributed by atoms with Crippen LogP contribution in [0.2, 0.25) is 0 Å². The van der Waals surface area contributed by atoms with Crippen LogP contribution >= 0.6 is 15.9 Å². The number of rotatable bonds is 8. The normalized spacial score (nSPS) is 11.6. The van der Waals surface area contributed by atoms with Crippen LogP contribution in [0.15, 0.2) is 51.8 Å². The molecule has 2 aromatic rings. The summed E-state index contributed by atoms with van der Waals surface area (Å²) in [7, 11) is 0.0226. The van der Waals surface area contributed by atoms with E-state index in [9.17, 15) is 12.8 Å². The lowest BCUT2D eigenvalue weighted by molar-refractivity contribution is 0.282. The SMILES string of the molecule is CN(C)CCCOc1ccc(Br)cc1NS(=O)(=O)c1cccc(F)c1. The molecule has 0 atom stereocenters. The number of ether oxygens (including phenoxy) is 1. The Bertz CT molecular complexity index is 828. The molecule has 5 nitrogen and oxygen atoms in total. The Morgan fingerprint density at radius 1 is 1.20 bits per heavy atom. The Morgan fingerprint density at radius 2 is 1.96 bits per heavy atom. The number of nitrogens with zero attached hydrogens (tertiary/aromatic N) is 1. The second kappa shape index (κ2) is 8.64. The Hall–Kier alpha value is -1.64. The number of sulfonamides is 1. The van der Waals surface area contributed by atoms with E-state index in [4.69, 9.17) is 4.74 Å². The molecule has 0 saturated carbocycles. The lowest BCUT2D eigenvalue weighted by Crippen LogP contribution is -2.16. The first-order chi connectivity index (χ1) is 11.8. The molecule has 0 amide bonds. The van der Waals surface area contributed by atoms with Gasteiger partial charge in [-0.15, -0.1) is 0 Å². The van der Waals surface area contributed by atoms with E-state index in [0.29, 0.717) is 22.5 Å². The number of halogens is 2. The van der Waals surface area contributed by atoms with Crippen LogP contribution in [0.1, 0.15) is 6.42 Å². The summed E-state index contributed by atoms with van der Waals surface area (Å²) in [5.41, 5.74) is 0.295. The van der Waals surface area contributed by atoms with Crippen LogP contribution < -0.4 is 9.46 Å². The highest BCUT2D eigenvalue weighted by Gasteiger charge is 2.17. The molecule has 25 heavy (non-hydrogen) atoms. The Balaban J connectivity index is 2.18.